The number of likely N-dealkylation sites (N-methyl/N-ethyl adjacent to an activating group) is 1. The fourth-order valence-corrected chi connectivity index (χ4v) is 1.75. The van der Waals surface area contributed by atoms with Gasteiger partial charge in [0.05, 0.1) is 18.3 Å². The molecular formula is C13H23N3O2. The molecule has 0 fully saturated rings. The van der Waals surface area contributed by atoms with Gasteiger partial charge in [-0.3, -0.25) is 10.1 Å². The lowest BCUT2D eigenvalue weighted by atomic mass is 10.3. The van der Waals surface area contributed by atoms with Crippen molar-refractivity contribution in [2.24, 2.45) is 0 Å². The molecule has 0 aliphatic rings. The van der Waals surface area contributed by atoms with Gasteiger partial charge < -0.3 is 9.32 Å². The van der Waals surface area contributed by atoms with E-state index in [1.165, 1.54) is 0 Å². The quantitative estimate of drug-likeness (QED) is 0.837. The van der Waals surface area contributed by atoms with Crippen molar-refractivity contribution in [2.45, 2.75) is 47.2 Å². The molecule has 1 aromatic rings. The lowest BCUT2D eigenvalue weighted by Crippen LogP contribution is -2.44. The number of nitrogens with zero attached hydrogens (tertiary/aromatic N) is 2. The molecule has 102 valence electrons. The van der Waals surface area contributed by atoms with Crippen molar-refractivity contribution >= 4 is 5.91 Å². The van der Waals surface area contributed by atoms with E-state index >= 15 is 0 Å². The van der Waals surface area contributed by atoms with E-state index in [9.17, 15) is 4.79 Å². The molecule has 0 aliphatic carbocycles. The third-order valence-electron chi connectivity index (χ3n) is 3.08. The zero-order valence-corrected chi connectivity index (χ0v) is 11.9. The summed E-state index contributed by atoms with van der Waals surface area (Å²) in [7, 11) is 0. The van der Waals surface area contributed by atoms with E-state index in [1.807, 2.05) is 39.5 Å². The second kappa shape index (κ2) is 6.54. The molecule has 0 aliphatic heterocycles. The van der Waals surface area contributed by atoms with Gasteiger partial charge in [0, 0.05) is 13.1 Å². The summed E-state index contributed by atoms with van der Waals surface area (Å²) >= 11 is 0. The third kappa shape index (κ3) is 3.57. The second-order valence-corrected chi connectivity index (χ2v) is 4.36. The van der Waals surface area contributed by atoms with E-state index in [-0.39, 0.29) is 11.9 Å². The number of hydrogen-bond acceptors (Lipinski definition) is 4. The van der Waals surface area contributed by atoms with Gasteiger partial charge in [0.25, 0.3) is 0 Å². The Bertz CT molecular complexity index is 377. The first kappa shape index (κ1) is 14.7. The van der Waals surface area contributed by atoms with Gasteiger partial charge >= 0.3 is 0 Å². The highest BCUT2D eigenvalue weighted by Gasteiger charge is 2.18. The van der Waals surface area contributed by atoms with Crippen molar-refractivity contribution in [1.82, 2.24) is 15.2 Å². The molecule has 0 bridgehead atoms. The van der Waals surface area contributed by atoms with Gasteiger partial charge in [-0.2, -0.15) is 0 Å². The van der Waals surface area contributed by atoms with Crippen LogP contribution in [0.4, 0.5) is 0 Å². The maximum atomic E-state index is 12.0. The molecule has 1 aromatic heterocycles. The summed E-state index contributed by atoms with van der Waals surface area (Å²) in [5.41, 5.74) is 0.898. The minimum Gasteiger partial charge on any atom is -0.444 e. The number of nitrogens with one attached hydrogen (secondary N) is 1. The number of rotatable bonds is 6. The van der Waals surface area contributed by atoms with Crippen LogP contribution < -0.4 is 5.32 Å². The summed E-state index contributed by atoms with van der Waals surface area (Å²) in [6, 6.07) is -0.225. The average molecular weight is 253 g/mol. The van der Waals surface area contributed by atoms with Gasteiger partial charge in [-0.1, -0.05) is 0 Å². The van der Waals surface area contributed by atoms with Crippen LogP contribution in [0.2, 0.25) is 0 Å². The van der Waals surface area contributed by atoms with E-state index in [4.69, 9.17) is 4.42 Å². The second-order valence-electron chi connectivity index (χ2n) is 4.36. The molecule has 1 amide bonds. The summed E-state index contributed by atoms with van der Waals surface area (Å²) < 4.78 is 5.46. The smallest absolute Gasteiger partial charge is 0.239 e. The minimum atomic E-state index is -0.225. The number of carbonyl (C=O) groups is 1. The van der Waals surface area contributed by atoms with Gasteiger partial charge in [-0.25, -0.2) is 4.98 Å². The Morgan fingerprint density at radius 3 is 2.44 bits per heavy atom. The van der Waals surface area contributed by atoms with Crippen LogP contribution in [0.1, 0.15) is 38.1 Å². The Morgan fingerprint density at radius 1 is 1.39 bits per heavy atom. The summed E-state index contributed by atoms with van der Waals surface area (Å²) in [5, 5.41) is 3.14. The zero-order chi connectivity index (χ0) is 13.7. The van der Waals surface area contributed by atoms with Crippen LogP contribution in [-0.2, 0) is 11.3 Å². The first-order valence-electron chi connectivity index (χ1n) is 6.44. The average Bonchev–Trinajstić information content (AvgIpc) is 2.67. The first-order valence-corrected chi connectivity index (χ1v) is 6.44. The fraction of sp³-hybridized carbons (Fsp3) is 0.692. The normalized spacial score (nSPS) is 12.5. The van der Waals surface area contributed by atoms with Crippen LogP contribution in [0.3, 0.4) is 0 Å². The van der Waals surface area contributed by atoms with Gasteiger partial charge in [0.1, 0.15) is 5.76 Å². The van der Waals surface area contributed by atoms with Crippen molar-refractivity contribution in [3.8, 4) is 0 Å². The summed E-state index contributed by atoms with van der Waals surface area (Å²) in [6.07, 6.45) is 0. The van der Waals surface area contributed by atoms with E-state index in [0.29, 0.717) is 12.4 Å². The fourth-order valence-electron chi connectivity index (χ4n) is 1.75. The summed E-state index contributed by atoms with van der Waals surface area (Å²) in [5.74, 6) is 1.57. The molecule has 0 aromatic carbocycles. The summed E-state index contributed by atoms with van der Waals surface area (Å²) in [4.78, 5) is 18.1. The molecule has 0 saturated carbocycles. The number of amides is 1. The van der Waals surface area contributed by atoms with Crippen LogP contribution in [0.25, 0.3) is 0 Å². The Morgan fingerprint density at radius 2 is 2.00 bits per heavy atom. The third-order valence-corrected chi connectivity index (χ3v) is 3.08. The van der Waals surface area contributed by atoms with Crippen LogP contribution in [0, 0.1) is 13.8 Å². The van der Waals surface area contributed by atoms with Crippen molar-refractivity contribution in [3.05, 3.63) is 17.3 Å². The molecule has 5 heteroatoms. The Hall–Kier alpha value is -1.36. The lowest BCUT2D eigenvalue weighted by molar-refractivity contribution is -0.132. The number of aromatic nitrogens is 1. The number of carbonyl (C=O) groups excluding carboxylic acids is 1. The standard InChI is InChI=1S/C13H23N3O2/c1-6-16(7-2)13(17)10(4)14-8-12-15-9(3)11(5)18-12/h10,14H,6-8H2,1-5H3. The van der Waals surface area contributed by atoms with Crippen LogP contribution in [0.15, 0.2) is 4.42 Å². The van der Waals surface area contributed by atoms with Crippen LogP contribution in [-0.4, -0.2) is 34.9 Å². The van der Waals surface area contributed by atoms with Crippen molar-refractivity contribution in [3.63, 3.8) is 0 Å². The van der Waals surface area contributed by atoms with Gasteiger partial charge in [0.15, 0.2) is 0 Å². The topological polar surface area (TPSA) is 58.4 Å². The highest BCUT2D eigenvalue weighted by molar-refractivity contribution is 5.81. The van der Waals surface area contributed by atoms with Crippen molar-refractivity contribution in [1.29, 1.82) is 0 Å². The maximum Gasteiger partial charge on any atom is 0.239 e. The first-order chi connectivity index (χ1) is 8.49. The zero-order valence-electron chi connectivity index (χ0n) is 11.9. The van der Waals surface area contributed by atoms with Gasteiger partial charge in [-0.05, 0) is 34.6 Å². The predicted molar refractivity (Wildman–Crippen MR) is 70.2 cm³/mol. The molecule has 1 heterocycles. The van der Waals surface area contributed by atoms with E-state index < -0.39 is 0 Å². The molecule has 18 heavy (non-hydrogen) atoms. The molecule has 1 atom stereocenters. The number of hydrogen-bond donors (Lipinski definition) is 1. The number of oxazole rings is 1. The van der Waals surface area contributed by atoms with E-state index in [0.717, 1.165) is 24.5 Å². The Balaban J connectivity index is 2.50. The van der Waals surface area contributed by atoms with Crippen LogP contribution in [0.5, 0.6) is 0 Å². The van der Waals surface area contributed by atoms with Crippen molar-refractivity contribution < 1.29 is 9.21 Å². The molecule has 0 radical (unpaired) electrons. The summed E-state index contributed by atoms with van der Waals surface area (Å²) in [6.45, 7) is 11.6. The maximum absolute atomic E-state index is 12.0. The minimum absolute atomic E-state index is 0.111. The van der Waals surface area contributed by atoms with E-state index in [2.05, 4.69) is 10.3 Å². The highest BCUT2D eigenvalue weighted by atomic mass is 16.4. The Kier molecular flexibility index (Phi) is 5.34. The van der Waals surface area contributed by atoms with E-state index in [1.54, 1.807) is 0 Å². The Labute approximate surface area is 109 Å². The highest BCUT2D eigenvalue weighted by Crippen LogP contribution is 2.08. The number of aryl methyl sites for hydroxylation is 2. The van der Waals surface area contributed by atoms with Gasteiger partial charge in [0.2, 0.25) is 11.8 Å². The molecule has 1 N–H and O–H groups in total. The van der Waals surface area contributed by atoms with Gasteiger partial charge in [-0.15, -0.1) is 0 Å². The monoisotopic (exact) mass is 253 g/mol. The molecule has 5 nitrogen and oxygen atoms in total. The van der Waals surface area contributed by atoms with Crippen molar-refractivity contribution in [2.75, 3.05) is 13.1 Å². The van der Waals surface area contributed by atoms with Crippen LogP contribution >= 0.6 is 0 Å². The molecule has 1 rings (SSSR count). The molecular weight excluding hydrogens is 230 g/mol. The molecule has 1 unspecified atom stereocenters. The largest absolute Gasteiger partial charge is 0.444 e. The predicted octanol–water partition coefficient (Wildman–Crippen LogP) is 1.64. The molecule has 0 saturated heterocycles. The lowest BCUT2D eigenvalue weighted by Gasteiger charge is -2.23. The SMILES string of the molecule is CCN(CC)C(=O)C(C)NCc1nc(C)c(C)o1. The molecule has 0 spiro atoms.